The Balaban J connectivity index is 0.000000334. The predicted molar refractivity (Wildman–Crippen MR) is 427 cm³/mol. The van der Waals surface area contributed by atoms with Crippen molar-refractivity contribution in [2.24, 2.45) is 0 Å². The lowest BCUT2D eigenvalue weighted by molar-refractivity contribution is -0.221. The molecular weight excluding hydrogens is 1910 g/mol. The fraction of sp³-hybridized carbons (Fsp3) is 0.641. The Kier molecular flexibility index (Phi) is 43.4. The van der Waals surface area contributed by atoms with E-state index in [0.29, 0.717) is 53.9 Å². The highest BCUT2D eigenvalue weighted by atomic mass is 19.4. The highest BCUT2D eigenvalue weighted by Gasteiger charge is 2.59. The van der Waals surface area contributed by atoms with Crippen molar-refractivity contribution >= 4 is 94.9 Å². The van der Waals surface area contributed by atoms with Crippen molar-refractivity contribution in [1.29, 1.82) is 0 Å². The Hall–Kier alpha value is -12.8. The van der Waals surface area contributed by atoms with Gasteiger partial charge in [-0.25, -0.2) is 28.8 Å². The molecule has 0 aromatic carbocycles. The maximum Gasteiger partial charge on any atom is 0.490 e. The van der Waals surface area contributed by atoms with E-state index in [2.05, 4.69) is 34.1 Å². The second-order valence-corrected chi connectivity index (χ2v) is 28.8. The topological polar surface area (TPSA) is 621 Å². The summed E-state index contributed by atoms with van der Waals surface area (Å²) in [5, 5.41) is 35.7. The number of alkyl halides is 12. The number of rotatable bonds is 42. The fourth-order valence-electron chi connectivity index (χ4n) is 11.7. The van der Waals surface area contributed by atoms with Crippen LogP contribution >= 0.6 is 0 Å². The molecule has 0 bridgehead atoms. The number of nitrogens with one attached hydrogen (secondary N) is 4. The molecule has 8 heterocycles. The summed E-state index contributed by atoms with van der Waals surface area (Å²) in [5.74, 6) is -16.5. The minimum Gasteiger partial charge on any atom is -0.463 e. The van der Waals surface area contributed by atoms with Crippen LogP contribution in [0.3, 0.4) is 0 Å². The van der Waals surface area contributed by atoms with Crippen LogP contribution in [0.1, 0.15) is 201 Å². The monoisotopic (exact) mass is 2010 g/mol. The number of hydrogen-bond acceptors (Lipinski definition) is 44. The van der Waals surface area contributed by atoms with Crippen molar-refractivity contribution < 1.29 is 212 Å². The first kappa shape index (κ1) is 109. The van der Waals surface area contributed by atoms with Crippen molar-refractivity contribution in [1.82, 2.24) is 38.2 Å². The van der Waals surface area contributed by atoms with Gasteiger partial charge in [0.1, 0.15) is 57.3 Å². The van der Waals surface area contributed by atoms with E-state index in [9.17, 15) is 129 Å². The Bertz CT molecular complexity index is 5250. The van der Waals surface area contributed by atoms with Crippen LogP contribution in [-0.2, 0) is 133 Å². The second-order valence-electron chi connectivity index (χ2n) is 28.8. The molecule has 4 fully saturated rings. The summed E-state index contributed by atoms with van der Waals surface area (Å²) in [6, 6.07) is 4.04. The Labute approximate surface area is 776 Å². The molecule has 772 valence electrons. The van der Waals surface area contributed by atoms with Gasteiger partial charge in [-0.2, -0.15) is 72.6 Å². The van der Waals surface area contributed by atoms with E-state index < -0.39 is 269 Å². The lowest BCUT2D eigenvalue weighted by Crippen LogP contribution is -2.46. The number of nitrogens with zero attached hydrogens (tertiary/aromatic N) is 8. The molecule has 16 atom stereocenters. The number of unbranched alkanes of at least 4 members (excludes halogenated alkanes) is 3. The zero-order valence-corrected chi connectivity index (χ0v) is 74.1. The van der Waals surface area contributed by atoms with Gasteiger partial charge in [-0.05, 0) is 56.4 Å². The first-order valence-electron chi connectivity index (χ1n) is 43.6. The summed E-state index contributed by atoms with van der Waals surface area (Å²) in [4.78, 5) is 207. The van der Waals surface area contributed by atoms with Gasteiger partial charge in [0.25, 0.3) is 0 Å². The van der Waals surface area contributed by atoms with Gasteiger partial charge in [-0.3, -0.25) is 109 Å². The van der Waals surface area contributed by atoms with Gasteiger partial charge in [0.15, 0.2) is 96.9 Å². The second kappa shape index (κ2) is 55.0. The van der Waals surface area contributed by atoms with Gasteiger partial charge < -0.3 is 75.8 Å². The molecule has 4 aliphatic heterocycles. The largest absolute Gasteiger partial charge is 0.490 e. The summed E-state index contributed by atoms with van der Waals surface area (Å²) in [6.07, 6.45) is -50.8. The first-order valence-corrected chi connectivity index (χ1v) is 41.6. The molecule has 0 aliphatic carbocycles. The molecule has 0 radical (unpaired) electrons. The van der Waals surface area contributed by atoms with Crippen LogP contribution in [0, 0.1) is 0 Å². The van der Waals surface area contributed by atoms with E-state index in [1.807, 2.05) is 20.8 Å². The minimum absolute atomic E-state index is 0.0356. The molecule has 138 heavy (non-hydrogen) atoms. The number of carbonyl (C=O) groups is 12. The van der Waals surface area contributed by atoms with Gasteiger partial charge in [0.2, 0.25) is 0 Å². The number of halogens is 12. The summed E-state index contributed by atoms with van der Waals surface area (Å²) in [7, 11) is 0. The molecule has 4 aromatic rings. The summed E-state index contributed by atoms with van der Waals surface area (Å²) >= 11 is 0. The number of hydrogen-bond donors (Lipinski definition) is 8. The van der Waals surface area contributed by atoms with Crippen molar-refractivity contribution in [2.75, 3.05) is 48.3 Å². The van der Waals surface area contributed by atoms with E-state index in [4.69, 9.17) is 87.9 Å². The average molecular weight is 2010 g/mol. The number of esters is 12. The Morgan fingerprint density at radius 3 is 0.899 bits per heavy atom. The third-order valence-corrected chi connectivity index (χ3v) is 18.2. The molecule has 0 amide bonds. The third-order valence-electron chi connectivity index (χ3n) is 18.2. The van der Waals surface area contributed by atoms with Gasteiger partial charge in [0, 0.05) is 76.7 Å². The maximum absolute atomic E-state index is 12.8. The molecule has 8 N–H and O–H groups in total. The molecule has 0 saturated carbocycles. The number of ether oxygens (including phenoxy) is 16. The van der Waals surface area contributed by atoms with Gasteiger partial charge in [-0.15, -0.1) is 0 Å². The van der Waals surface area contributed by atoms with E-state index >= 15 is 0 Å². The quantitative estimate of drug-likeness (QED) is 0.00994. The lowest BCUT2D eigenvalue weighted by atomic mass is 10.1. The van der Waals surface area contributed by atoms with Gasteiger partial charge >= 0.3 is 119 Å². The van der Waals surface area contributed by atoms with Crippen LogP contribution in [0.5, 0.6) is 0 Å². The maximum atomic E-state index is 12.8. The number of aromatic nitrogens is 8. The highest BCUT2D eigenvalue weighted by Crippen LogP contribution is 2.41. The summed E-state index contributed by atoms with van der Waals surface area (Å²) in [5.41, 5.74) is 1.45. The molecule has 0 unspecified atom stereocenters. The average Bonchev–Trinajstić information content (AvgIpc) is 1.60. The first-order chi connectivity index (χ1) is 66.4. The number of carbonyl (C=O) groups excluding carboxylic acids is 12. The lowest BCUT2D eigenvalue weighted by Gasteiger charge is -2.25. The highest BCUT2D eigenvalue weighted by molar-refractivity contribution is 5.78. The molecule has 48 nitrogen and oxygen atoms in total. The Morgan fingerprint density at radius 1 is 0.348 bits per heavy atom. The van der Waals surface area contributed by atoms with E-state index in [0.717, 1.165) is 61.1 Å². The van der Waals surface area contributed by atoms with Crippen molar-refractivity contribution in [3.8, 4) is 0 Å². The molecular formula is C78H100F12N12O36. The molecule has 4 saturated heterocycles. The van der Waals surface area contributed by atoms with Gasteiger partial charge in [-0.1, -0.05) is 67.7 Å². The zero-order chi connectivity index (χ0) is 107. The zero-order valence-electron chi connectivity index (χ0n) is 78.1. The predicted octanol–water partition coefficient (Wildman–Crippen LogP) is 6.66. The minimum atomic E-state index is -5.73. The van der Waals surface area contributed by atoms with E-state index in [-0.39, 0.29) is 67.0 Å². The number of anilines is 4. The third kappa shape index (κ3) is 36.6. The standard InChI is InChI=1S/C24H37N3O9.C21H28F3N3O9.C18H22F3N3O9.C15H13F6N3O9/c1-4-7-10-18(28)33-15-16-21(35-19(29)11-8-5-2)22(36-20(30)12-9-6-3)23(34-16)27-14-13-17(26-32)25-24(27)31;1-3-5-14(28)33-11-12-17(35-15(29)6-4-2)18(36-16(30)7-9-21(22,23)24)19(34-12)27-10-8-13(26-32)25-20(27)31;1-3-11(25)30-8-9-14(32-12(26)4-2)15(33-13(27)7-18(19,20)21)16(31-9)24-6-5-10(23-29)22-17(24)28;1-5(25)30-4-6-8(32-11(26)14(16,17)18)9(33-12(27)15(19,20)21)10(31-6)24-3-2-7(23-29)22-13(24)28/h13-14,16,21-23,32H,4-12,15H2,1-3H3,(H,25,26,31);8,10,12,17-19,32H,3-7,9,11H2,1-2H3,(H,25,26,31);5-6,9,14-16,29H,3-4,7-8H2,1-2H3,(H,22,23,28);2-3,6,8-10,29H,4H2,1H3,(H,22,23,28)/t16-,21-,22-,23-;12-,17-,18-,19-;9-,14-,15-,16-;6-,8-,9-,10-/m1111/s1/i23D;19D;16D;10D. The molecule has 8 rings (SSSR count). The van der Waals surface area contributed by atoms with E-state index in [1.54, 1.807) is 30.3 Å². The van der Waals surface area contributed by atoms with Crippen LogP contribution in [0.4, 0.5) is 76.0 Å². The molecule has 4 aromatic heterocycles. The van der Waals surface area contributed by atoms with Crippen molar-refractivity contribution in [3.63, 3.8) is 0 Å². The Morgan fingerprint density at radius 2 is 0.609 bits per heavy atom. The van der Waals surface area contributed by atoms with Crippen molar-refractivity contribution in [3.05, 3.63) is 91.0 Å². The van der Waals surface area contributed by atoms with E-state index in [1.165, 1.54) is 25.4 Å². The van der Waals surface area contributed by atoms with Crippen LogP contribution < -0.4 is 44.7 Å². The van der Waals surface area contributed by atoms with Crippen LogP contribution in [0.15, 0.2) is 68.2 Å². The normalized spacial score (nSPS) is 24.6. The summed E-state index contributed by atoms with van der Waals surface area (Å²) < 4.78 is 271. The van der Waals surface area contributed by atoms with Crippen molar-refractivity contribution in [2.45, 2.75) is 294 Å². The van der Waals surface area contributed by atoms with Crippen LogP contribution in [-0.4, -0.2) is 255 Å². The smallest absolute Gasteiger partial charge is 0.463 e. The molecule has 4 aliphatic rings. The SMILES string of the molecule is [2H][C@@]1(n2ccc(NO)nc2=O)O[C@H](COC(=O)CC)[C@@H](OC(=O)CC)[C@H]1OC(=O)CC(F)(F)F.[2H][C@@]1(n2ccc(NO)nc2=O)O[C@H](COC(=O)CCC)[C@@H](OC(=O)CCC)[C@H]1OC(=O)CCC(F)(F)F.[2H][C@@]1(n2ccc(NO)nc2=O)O[C@H](COC(=O)CCCC)[C@@H](OC(=O)CCCC)[C@H]1OC(=O)CCCC.[2H][C@@]1(n2ccc(NO)nc2=O)O[C@H](COC(C)=O)[C@@H](OC(=O)C(F)(F)F)[C@H]1OC(=O)C(F)(F)F. The fourth-order valence-corrected chi connectivity index (χ4v) is 11.7. The van der Waals surface area contributed by atoms with Crippen LogP contribution in [0.2, 0.25) is 0 Å². The summed E-state index contributed by atoms with van der Waals surface area (Å²) in [6.45, 7) is 10.1. The molecule has 60 heteroatoms. The van der Waals surface area contributed by atoms with Gasteiger partial charge in [0.05, 0.1) is 18.3 Å². The van der Waals surface area contributed by atoms with Crippen LogP contribution in [0.25, 0.3) is 0 Å². The molecule has 0 spiro atoms.